The van der Waals surface area contributed by atoms with Crippen LogP contribution in [-0.4, -0.2) is 31.0 Å². The van der Waals surface area contributed by atoms with Crippen LogP contribution in [0.1, 0.15) is 18.2 Å². The Balaban J connectivity index is 1.61. The second-order valence-corrected chi connectivity index (χ2v) is 8.47. The summed E-state index contributed by atoms with van der Waals surface area (Å²) in [5.41, 5.74) is 3.15. The molecule has 33 heavy (non-hydrogen) atoms. The van der Waals surface area contributed by atoms with Gasteiger partial charge < -0.3 is 5.32 Å². The molecule has 4 rings (SSSR count). The van der Waals surface area contributed by atoms with Crippen LogP contribution in [0.5, 0.6) is 0 Å². The Labute approximate surface area is 194 Å². The van der Waals surface area contributed by atoms with E-state index in [4.69, 9.17) is 4.98 Å². The number of nitrogens with zero attached hydrogens (tertiary/aromatic N) is 4. The minimum Gasteiger partial charge on any atom is -0.325 e. The zero-order valence-corrected chi connectivity index (χ0v) is 19.2. The Morgan fingerprint density at radius 2 is 1.85 bits per heavy atom. The minimum absolute atomic E-state index is 0.0572. The fourth-order valence-corrected chi connectivity index (χ4v) is 4.39. The van der Waals surface area contributed by atoms with Gasteiger partial charge in [-0.15, -0.1) is 0 Å². The number of carbonyl (C=O) groups excluding carboxylic acids is 1. The number of benzene rings is 2. The van der Waals surface area contributed by atoms with E-state index in [1.807, 2.05) is 44.2 Å². The van der Waals surface area contributed by atoms with Crippen molar-refractivity contribution in [1.82, 2.24) is 19.3 Å². The molecule has 0 aliphatic rings. The molecule has 0 aliphatic carbocycles. The van der Waals surface area contributed by atoms with Crippen molar-refractivity contribution in [3.63, 3.8) is 0 Å². The predicted octanol–water partition coefficient (Wildman–Crippen LogP) is 4.03. The lowest BCUT2D eigenvalue weighted by Gasteiger charge is -2.13. The number of nitrogens with one attached hydrogen (secondary N) is 1. The number of halogens is 1. The van der Waals surface area contributed by atoms with E-state index in [1.165, 1.54) is 36.0 Å². The van der Waals surface area contributed by atoms with Crippen molar-refractivity contribution in [2.75, 3.05) is 11.1 Å². The molecule has 7 nitrogen and oxygen atoms in total. The molecule has 0 atom stereocenters. The van der Waals surface area contributed by atoms with Gasteiger partial charge in [-0.2, -0.15) is 5.10 Å². The van der Waals surface area contributed by atoms with Crippen molar-refractivity contribution in [3.8, 4) is 0 Å². The van der Waals surface area contributed by atoms with Crippen molar-refractivity contribution >= 4 is 34.4 Å². The fraction of sp³-hybridized carbons (Fsp3) is 0.250. The summed E-state index contributed by atoms with van der Waals surface area (Å²) in [5, 5.41) is 7.65. The normalized spacial score (nSPS) is 11.1. The van der Waals surface area contributed by atoms with E-state index < -0.39 is 0 Å². The quantitative estimate of drug-likeness (QED) is 0.314. The molecule has 2 heterocycles. The second kappa shape index (κ2) is 9.99. The van der Waals surface area contributed by atoms with Crippen molar-refractivity contribution in [2.24, 2.45) is 0 Å². The number of amides is 1. The molecule has 0 spiro atoms. The maximum atomic E-state index is 13.4. The topological polar surface area (TPSA) is 81.8 Å². The average Bonchev–Trinajstić information content (AvgIpc) is 3.15. The Kier molecular flexibility index (Phi) is 6.88. The zero-order valence-electron chi connectivity index (χ0n) is 18.4. The third kappa shape index (κ3) is 5.14. The molecule has 0 aliphatic heterocycles. The molecule has 170 valence electrons. The van der Waals surface area contributed by atoms with Crippen LogP contribution in [0.3, 0.4) is 0 Å². The van der Waals surface area contributed by atoms with Gasteiger partial charge in [-0.25, -0.2) is 9.37 Å². The maximum Gasteiger partial charge on any atom is 0.280 e. The minimum atomic E-state index is -0.370. The van der Waals surface area contributed by atoms with Gasteiger partial charge in [0.2, 0.25) is 5.91 Å². The number of hydrogen-bond donors (Lipinski definition) is 1. The highest BCUT2D eigenvalue weighted by atomic mass is 32.2. The summed E-state index contributed by atoms with van der Waals surface area (Å²) in [4.78, 5) is 30.6. The number of carbonyl (C=O) groups is 1. The third-order valence-corrected chi connectivity index (χ3v) is 6.19. The van der Waals surface area contributed by atoms with Crippen molar-refractivity contribution in [3.05, 3.63) is 82.0 Å². The highest BCUT2D eigenvalue weighted by Gasteiger charge is 2.19. The van der Waals surface area contributed by atoms with Crippen LogP contribution < -0.4 is 10.9 Å². The Bertz CT molecular complexity index is 1330. The summed E-state index contributed by atoms with van der Waals surface area (Å²) < 4.78 is 16.4. The first-order valence-electron chi connectivity index (χ1n) is 10.7. The van der Waals surface area contributed by atoms with Crippen LogP contribution in [0.15, 0.2) is 64.5 Å². The highest BCUT2D eigenvalue weighted by Crippen LogP contribution is 2.21. The average molecular weight is 466 g/mol. The van der Waals surface area contributed by atoms with Gasteiger partial charge in [0, 0.05) is 18.8 Å². The van der Waals surface area contributed by atoms with Gasteiger partial charge >= 0.3 is 0 Å². The largest absolute Gasteiger partial charge is 0.325 e. The lowest BCUT2D eigenvalue weighted by Crippen LogP contribution is -2.26. The zero-order chi connectivity index (χ0) is 23.4. The van der Waals surface area contributed by atoms with Crippen molar-refractivity contribution < 1.29 is 9.18 Å². The van der Waals surface area contributed by atoms with Gasteiger partial charge in [0.1, 0.15) is 11.3 Å². The number of hydrogen-bond acceptors (Lipinski definition) is 5. The van der Waals surface area contributed by atoms with Crippen LogP contribution in [0.25, 0.3) is 11.0 Å². The highest BCUT2D eigenvalue weighted by molar-refractivity contribution is 7.99. The molecule has 2 aromatic heterocycles. The van der Waals surface area contributed by atoms with E-state index in [1.54, 1.807) is 9.25 Å². The molecule has 0 saturated heterocycles. The first-order chi connectivity index (χ1) is 16.0. The van der Waals surface area contributed by atoms with E-state index in [-0.39, 0.29) is 23.0 Å². The molecule has 0 fully saturated rings. The Morgan fingerprint density at radius 1 is 1.12 bits per heavy atom. The van der Waals surface area contributed by atoms with Crippen molar-refractivity contribution in [2.45, 2.75) is 38.5 Å². The van der Waals surface area contributed by atoms with E-state index in [0.717, 1.165) is 5.56 Å². The fourth-order valence-electron chi connectivity index (χ4n) is 3.57. The number of fused-ring (bicyclic) bond motifs is 1. The summed E-state index contributed by atoms with van der Waals surface area (Å²) in [6, 6.07) is 15.5. The molecule has 0 saturated carbocycles. The second-order valence-electron chi connectivity index (χ2n) is 7.53. The molecule has 2 aromatic carbocycles. The Morgan fingerprint density at radius 3 is 2.55 bits per heavy atom. The van der Waals surface area contributed by atoms with Gasteiger partial charge in [0.25, 0.3) is 5.56 Å². The predicted molar refractivity (Wildman–Crippen MR) is 128 cm³/mol. The SMILES string of the molecule is CCn1nc(C)c2nc(SCC(=O)Nc3ccc(F)cc3)n(CCc3ccccc3)c(=O)c21. The molecule has 1 amide bonds. The summed E-state index contributed by atoms with van der Waals surface area (Å²) in [7, 11) is 0. The number of anilines is 1. The van der Waals surface area contributed by atoms with Crippen molar-refractivity contribution in [1.29, 1.82) is 0 Å². The van der Waals surface area contributed by atoms with Gasteiger partial charge in [-0.05, 0) is 50.1 Å². The number of aryl methyl sites for hydroxylation is 3. The molecule has 1 N–H and O–H groups in total. The summed E-state index contributed by atoms with van der Waals surface area (Å²) >= 11 is 1.20. The number of aromatic nitrogens is 4. The summed E-state index contributed by atoms with van der Waals surface area (Å²) in [6.45, 7) is 4.75. The monoisotopic (exact) mass is 465 g/mol. The van der Waals surface area contributed by atoms with E-state index >= 15 is 0 Å². The summed E-state index contributed by atoms with van der Waals surface area (Å²) in [5.74, 6) is -0.580. The third-order valence-electron chi connectivity index (χ3n) is 5.21. The first kappa shape index (κ1) is 22.7. The smallest absolute Gasteiger partial charge is 0.280 e. The summed E-state index contributed by atoms with van der Waals surface area (Å²) in [6.07, 6.45) is 0.655. The van der Waals surface area contributed by atoms with E-state index in [2.05, 4.69) is 10.4 Å². The lowest BCUT2D eigenvalue weighted by molar-refractivity contribution is -0.113. The van der Waals surface area contributed by atoms with Gasteiger partial charge in [0.15, 0.2) is 10.7 Å². The van der Waals surface area contributed by atoms with Crippen LogP contribution in [0.4, 0.5) is 10.1 Å². The van der Waals surface area contributed by atoms with Crippen LogP contribution in [0, 0.1) is 12.7 Å². The lowest BCUT2D eigenvalue weighted by atomic mass is 10.1. The van der Waals surface area contributed by atoms with Crippen LogP contribution >= 0.6 is 11.8 Å². The van der Waals surface area contributed by atoms with E-state index in [9.17, 15) is 14.0 Å². The molecular weight excluding hydrogens is 441 g/mol. The standard InChI is InChI=1S/C24H24FN5O2S/c1-3-30-22-21(16(2)28-30)27-24(29(23(22)32)14-13-17-7-5-4-6-8-17)33-15-20(31)26-19-11-9-18(25)10-12-19/h4-12H,3,13-15H2,1-2H3,(H,26,31). The molecular formula is C24H24FN5O2S. The molecule has 0 bridgehead atoms. The van der Waals surface area contributed by atoms with Gasteiger partial charge in [0.05, 0.1) is 11.4 Å². The van der Waals surface area contributed by atoms with Gasteiger partial charge in [-0.1, -0.05) is 42.1 Å². The first-order valence-corrected chi connectivity index (χ1v) is 11.6. The molecule has 4 aromatic rings. The Hall–Kier alpha value is -3.46. The number of thioether (sulfide) groups is 1. The number of rotatable bonds is 8. The van der Waals surface area contributed by atoms with Crippen LogP contribution in [-0.2, 0) is 24.3 Å². The molecule has 9 heteroatoms. The van der Waals surface area contributed by atoms with E-state index in [0.29, 0.717) is 47.1 Å². The molecule has 0 radical (unpaired) electrons. The maximum absolute atomic E-state index is 13.4. The van der Waals surface area contributed by atoms with Gasteiger partial charge in [-0.3, -0.25) is 18.8 Å². The van der Waals surface area contributed by atoms with Crippen LogP contribution in [0.2, 0.25) is 0 Å². The molecule has 0 unspecified atom stereocenters.